The molecule has 1 aromatic carbocycles. The molecule has 8 nitrogen and oxygen atoms in total. The lowest BCUT2D eigenvalue weighted by atomic mass is 9.74. The predicted molar refractivity (Wildman–Crippen MR) is 122 cm³/mol. The minimum Gasteiger partial charge on any atom is -0.454 e. The van der Waals surface area contributed by atoms with Gasteiger partial charge in [-0.25, -0.2) is 0 Å². The first-order valence-electron chi connectivity index (χ1n) is 11.7. The fraction of sp³-hybridized carbons (Fsp3) is 0.583. The fourth-order valence-corrected chi connectivity index (χ4v) is 5.05. The largest absolute Gasteiger partial charge is 0.454 e. The highest BCUT2D eigenvalue weighted by molar-refractivity contribution is 5.80. The van der Waals surface area contributed by atoms with E-state index in [1.165, 1.54) is 11.1 Å². The molecule has 2 fully saturated rings. The van der Waals surface area contributed by atoms with Gasteiger partial charge in [-0.3, -0.25) is 9.67 Å². The van der Waals surface area contributed by atoms with Crippen LogP contribution < -0.4 is 14.8 Å². The monoisotopic (exact) mass is 439 g/mol. The van der Waals surface area contributed by atoms with E-state index in [1.807, 2.05) is 24.0 Å². The minimum atomic E-state index is -0.0532. The van der Waals surface area contributed by atoms with Crippen LogP contribution in [0, 0.1) is 0 Å². The molecule has 4 heterocycles. The first-order valence-corrected chi connectivity index (χ1v) is 11.7. The predicted octanol–water partition coefficient (Wildman–Crippen LogP) is 2.65. The van der Waals surface area contributed by atoms with Crippen LogP contribution >= 0.6 is 0 Å². The quantitative estimate of drug-likeness (QED) is 0.570. The SMILES string of the molecule is CCNC(=NCC1(c2ccc3c(c2)OCO3)CCOCC1)N1CCC(c2cnn(C)c2)C1. The summed E-state index contributed by atoms with van der Waals surface area (Å²) in [6, 6.07) is 6.35. The van der Waals surface area contributed by atoms with Gasteiger partial charge in [-0.15, -0.1) is 0 Å². The van der Waals surface area contributed by atoms with Crippen LogP contribution in [0.4, 0.5) is 0 Å². The highest BCUT2D eigenvalue weighted by Crippen LogP contribution is 2.41. The van der Waals surface area contributed by atoms with Gasteiger partial charge in [-0.1, -0.05) is 6.07 Å². The molecule has 2 aromatic rings. The maximum absolute atomic E-state index is 5.72. The molecule has 0 spiro atoms. The lowest BCUT2D eigenvalue weighted by Crippen LogP contribution is -2.42. The summed E-state index contributed by atoms with van der Waals surface area (Å²) in [5.41, 5.74) is 2.52. The molecule has 0 amide bonds. The van der Waals surface area contributed by atoms with E-state index >= 15 is 0 Å². The summed E-state index contributed by atoms with van der Waals surface area (Å²) in [6.45, 7) is 7.50. The van der Waals surface area contributed by atoms with E-state index in [0.717, 1.165) is 76.1 Å². The third-order valence-corrected chi connectivity index (χ3v) is 6.99. The Morgan fingerprint density at radius 3 is 2.88 bits per heavy atom. The third-order valence-electron chi connectivity index (χ3n) is 6.99. The van der Waals surface area contributed by atoms with Gasteiger partial charge in [-0.05, 0) is 49.4 Å². The molecule has 1 unspecified atom stereocenters. The number of aliphatic imine (C=N–C) groups is 1. The average molecular weight is 440 g/mol. The highest BCUT2D eigenvalue weighted by atomic mass is 16.7. The molecule has 0 bridgehead atoms. The summed E-state index contributed by atoms with van der Waals surface area (Å²) in [7, 11) is 1.98. The zero-order chi connectivity index (χ0) is 22.0. The van der Waals surface area contributed by atoms with Crippen LogP contribution in [0.5, 0.6) is 11.5 Å². The number of hydrogen-bond donors (Lipinski definition) is 1. The molecule has 1 atom stereocenters. The minimum absolute atomic E-state index is 0.0532. The van der Waals surface area contributed by atoms with Crippen LogP contribution in [0.3, 0.4) is 0 Å². The number of aromatic nitrogens is 2. The fourth-order valence-electron chi connectivity index (χ4n) is 5.05. The van der Waals surface area contributed by atoms with Gasteiger partial charge >= 0.3 is 0 Å². The summed E-state index contributed by atoms with van der Waals surface area (Å²) < 4.78 is 18.8. The Labute approximate surface area is 189 Å². The van der Waals surface area contributed by atoms with Crippen molar-refractivity contribution in [2.24, 2.45) is 12.0 Å². The van der Waals surface area contributed by atoms with Crippen LogP contribution in [0.15, 0.2) is 35.6 Å². The lowest BCUT2D eigenvalue weighted by Gasteiger charge is -2.37. The van der Waals surface area contributed by atoms with Gasteiger partial charge < -0.3 is 24.4 Å². The maximum Gasteiger partial charge on any atom is 0.231 e. The molecule has 5 rings (SSSR count). The van der Waals surface area contributed by atoms with E-state index in [9.17, 15) is 0 Å². The molecule has 32 heavy (non-hydrogen) atoms. The summed E-state index contributed by atoms with van der Waals surface area (Å²) in [6.07, 6.45) is 7.16. The van der Waals surface area contributed by atoms with Crippen LogP contribution in [-0.4, -0.2) is 66.8 Å². The number of likely N-dealkylation sites (tertiary alicyclic amines) is 1. The molecular weight excluding hydrogens is 406 g/mol. The van der Waals surface area contributed by atoms with E-state index in [1.54, 1.807) is 0 Å². The Bertz CT molecular complexity index is 966. The van der Waals surface area contributed by atoms with Crippen molar-refractivity contribution in [3.63, 3.8) is 0 Å². The van der Waals surface area contributed by atoms with Crippen LogP contribution in [-0.2, 0) is 17.2 Å². The molecule has 172 valence electrons. The smallest absolute Gasteiger partial charge is 0.231 e. The second-order valence-corrected chi connectivity index (χ2v) is 9.01. The van der Waals surface area contributed by atoms with Crippen molar-refractivity contribution in [3.8, 4) is 11.5 Å². The molecule has 0 aliphatic carbocycles. The number of ether oxygens (including phenoxy) is 3. The number of nitrogens with one attached hydrogen (secondary N) is 1. The van der Waals surface area contributed by atoms with Crippen LogP contribution in [0.25, 0.3) is 0 Å². The summed E-state index contributed by atoms with van der Waals surface area (Å²) in [5, 5.41) is 7.88. The molecule has 3 aliphatic heterocycles. The van der Waals surface area contributed by atoms with Crippen LogP contribution in [0.2, 0.25) is 0 Å². The first-order chi connectivity index (χ1) is 15.7. The second kappa shape index (κ2) is 9.02. The topological polar surface area (TPSA) is 73.1 Å². The molecule has 2 saturated heterocycles. The molecule has 1 N–H and O–H groups in total. The van der Waals surface area contributed by atoms with E-state index in [0.29, 0.717) is 12.7 Å². The van der Waals surface area contributed by atoms with Gasteiger partial charge in [0.15, 0.2) is 17.5 Å². The van der Waals surface area contributed by atoms with Gasteiger partial charge in [0.1, 0.15) is 0 Å². The van der Waals surface area contributed by atoms with Gasteiger partial charge in [-0.2, -0.15) is 5.10 Å². The number of guanidine groups is 1. The van der Waals surface area contributed by atoms with Crippen molar-refractivity contribution >= 4 is 5.96 Å². The Morgan fingerprint density at radius 2 is 2.09 bits per heavy atom. The number of nitrogens with zero attached hydrogens (tertiary/aromatic N) is 4. The Morgan fingerprint density at radius 1 is 1.25 bits per heavy atom. The first kappa shape index (κ1) is 21.1. The number of fused-ring (bicyclic) bond motifs is 1. The molecule has 0 radical (unpaired) electrons. The highest BCUT2D eigenvalue weighted by Gasteiger charge is 2.36. The van der Waals surface area contributed by atoms with Gasteiger partial charge in [0.05, 0.1) is 12.7 Å². The van der Waals surface area contributed by atoms with E-state index < -0.39 is 0 Å². The normalized spacial score (nSPS) is 22.4. The molecule has 0 saturated carbocycles. The summed E-state index contributed by atoms with van der Waals surface area (Å²) in [5.74, 6) is 3.17. The number of benzene rings is 1. The van der Waals surface area contributed by atoms with Crippen molar-refractivity contribution in [2.75, 3.05) is 46.2 Å². The van der Waals surface area contributed by atoms with Crippen LogP contribution in [0.1, 0.15) is 43.2 Å². The Balaban J connectivity index is 1.36. The number of aryl methyl sites for hydroxylation is 1. The van der Waals surface area contributed by atoms with Gasteiger partial charge in [0, 0.05) is 57.4 Å². The molecule has 3 aliphatic rings. The van der Waals surface area contributed by atoms with Gasteiger partial charge in [0.2, 0.25) is 6.79 Å². The lowest BCUT2D eigenvalue weighted by molar-refractivity contribution is 0.0529. The average Bonchev–Trinajstić information content (AvgIpc) is 3.57. The molecule has 8 heteroatoms. The van der Waals surface area contributed by atoms with Crippen molar-refractivity contribution in [1.82, 2.24) is 20.0 Å². The van der Waals surface area contributed by atoms with Gasteiger partial charge in [0.25, 0.3) is 0 Å². The Kier molecular flexibility index (Phi) is 5.95. The third kappa shape index (κ3) is 4.16. The van der Waals surface area contributed by atoms with E-state index in [-0.39, 0.29) is 5.41 Å². The zero-order valence-corrected chi connectivity index (χ0v) is 19.0. The second-order valence-electron chi connectivity index (χ2n) is 9.01. The van der Waals surface area contributed by atoms with Crippen molar-refractivity contribution in [2.45, 2.75) is 37.5 Å². The van der Waals surface area contributed by atoms with E-state index in [4.69, 9.17) is 19.2 Å². The number of hydrogen-bond acceptors (Lipinski definition) is 5. The van der Waals surface area contributed by atoms with E-state index in [2.05, 4.69) is 40.6 Å². The summed E-state index contributed by atoms with van der Waals surface area (Å²) >= 11 is 0. The van der Waals surface area contributed by atoms with Crippen molar-refractivity contribution in [3.05, 3.63) is 41.7 Å². The molecular formula is C24H33N5O3. The zero-order valence-electron chi connectivity index (χ0n) is 19.0. The van der Waals surface area contributed by atoms with Crippen molar-refractivity contribution in [1.29, 1.82) is 0 Å². The Hall–Kier alpha value is -2.74. The number of rotatable bonds is 5. The summed E-state index contributed by atoms with van der Waals surface area (Å²) in [4.78, 5) is 7.57. The standard InChI is InChI=1S/C24H33N5O3/c1-3-25-23(29-9-6-18(15-29)19-13-27-28(2)14-19)26-16-24(7-10-30-11-8-24)20-4-5-21-22(12-20)32-17-31-21/h4-5,12-14,18H,3,6-11,15-17H2,1-2H3,(H,25,26). The van der Waals surface area contributed by atoms with Crippen molar-refractivity contribution < 1.29 is 14.2 Å². The molecule has 1 aromatic heterocycles. The maximum atomic E-state index is 5.72.